The second kappa shape index (κ2) is 16.1. The first kappa shape index (κ1) is 38.4. The summed E-state index contributed by atoms with van der Waals surface area (Å²) >= 11 is 0. The largest absolute Gasteiger partial charge is 0.415 e. The lowest BCUT2D eigenvalue weighted by Crippen LogP contribution is -2.43. The number of carbonyl (C=O) groups excluding carboxylic acids is 3. The quantitative estimate of drug-likeness (QED) is 0.156. The maximum Gasteiger partial charge on any atom is 0.415 e. The first-order chi connectivity index (χ1) is 26.9. The molecule has 2 aliphatic rings. The predicted molar refractivity (Wildman–Crippen MR) is 223 cm³/mol. The van der Waals surface area contributed by atoms with E-state index in [9.17, 15) is 14.4 Å². The SMILES string of the molecule is Cc1c(C(=O)N(C)c2ccccc2)cc(-c2cc3c(cc2C(=O)N2Cc4ccccc4C[C@H]2C)CN(C(=O)Oc2cccc(N(C)CCN(C)C)c2)CC3)n1C. The number of ether oxygens (including phenoxy) is 1. The summed E-state index contributed by atoms with van der Waals surface area (Å²) in [6.45, 7) is 7.07. The number of carbonyl (C=O) groups is 3. The average molecular weight is 753 g/mol. The fraction of sp³-hybridized carbons (Fsp3) is 0.326. The number of fused-ring (bicyclic) bond motifs is 2. The number of hydrogen-bond acceptors (Lipinski definition) is 6. The second-order valence-corrected chi connectivity index (χ2v) is 15.5. The lowest BCUT2D eigenvalue weighted by atomic mass is 9.90. The van der Waals surface area contributed by atoms with Crippen LogP contribution in [0.4, 0.5) is 16.2 Å². The topological polar surface area (TPSA) is 81.6 Å². The zero-order valence-electron chi connectivity index (χ0n) is 33.6. The van der Waals surface area contributed by atoms with E-state index in [0.717, 1.165) is 64.5 Å². The highest BCUT2D eigenvalue weighted by Gasteiger charge is 2.32. The summed E-state index contributed by atoms with van der Waals surface area (Å²) in [5.74, 6) is 0.290. The van der Waals surface area contributed by atoms with E-state index < -0.39 is 6.09 Å². The fourth-order valence-electron chi connectivity index (χ4n) is 7.81. The van der Waals surface area contributed by atoms with E-state index in [1.165, 1.54) is 5.56 Å². The lowest BCUT2D eigenvalue weighted by Gasteiger charge is -2.36. The molecular formula is C46H52N6O4. The highest BCUT2D eigenvalue weighted by molar-refractivity contribution is 6.08. The number of benzene rings is 4. The van der Waals surface area contributed by atoms with Gasteiger partial charge >= 0.3 is 6.09 Å². The average Bonchev–Trinajstić information content (AvgIpc) is 3.51. The summed E-state index contributed by atoms with van der Waals surface area (Å²) < 4.78 is 7.95. The molecule has 10 nitrogen and oxygen atoms in total. The van der Waals surface area contributed by atoms with E-state index in [2.05, 4.69) is 41.0 Å². The number of para-hydroxylation sites is 1. The first-order valence-electron chi connectivity index (χ1n) is 19.4. The van der Waals surface area contributed by atoms with Crippen molar-refractivity contribution in [2.45, 2.75) is 45.8 Å². The fourth-order valence-corrected chi connectivity index (χ4v) is 7.81. The van der Waals surface area contributed by atoms with Crippen LogP contribution in [0.15, 0.2) is 97.1 Å². The van der Waals surface area contributed by atoms with Gasteiger partial charge in [0.25, 0.3) is 11.8 Å². The van der Waals surface area contributed by atoms with Gasteiger partial charge in [0.05, 0.1) is 5.56 Å². The minimum absolute atomic E-state index is 0.0164. The molecular weight excluding hydrogens is 701 g/mol. The van der Waals surface area contributed by atoms with Gasteiger partial charge in [0.2, 0.25) is 0 Å². The molecule has 2 aliphatic heterocycles. The standard InChI is InChI=1S/C46H52N6O4/c1-31-24-33-14-11-12-15-35(33)30-52(31)45(54)42-26-36-29-51(46(55)56-39-19-13-18-38(27-39)48(5)23-22-47(3)4)21-20-34(36)25-41(42)43-28-40(32(2)49(43)6)44(53)50(7)37-16-9-8-10-17-37/h8-19,25-28,31H,20-24,29-30H2,1-7H3/t31-/m1/s1. The van der Waals surface area contributed by atoms with Crippen LogP contribution in [0, 0.1) is 6.92 Å². The summed E-state index contributed by atoms with van der Waals surface area (Å²) in [4.78, 5) is 52.1. The Morgan fingerprint density at radius 1 is 0.750 bits per heavy atom. The van der Waals surface area contributed by atoms with E-state index in [1.807, 2.05) is 111 Å². The maximum atomic E-state index is 14.9. The van der Waals surface area contributed by atoms with Gasteiger partial charge in [-0.15, -0.1) is 0 Å². The number of rotatable bonds is 9. The molecule has 3 heterocycles. The molecule has 1 aromatic heterocycles. The van der Waals surface area contributed by atoms with Crippen LogP contribution in [0.2, 0.25) is 0 Å². The summed E-state index contributed by atoms with van der Waals surface area (Å²) in [5, 5.41) is 0. The Morgan fingerprint density at radius 2 is 1.46 bits per heavy atom. The molecule has 4 aromatic carbocycles. The molecule has 0 unspecified atom stereocenters. The van der Waals surface area contributed by atoms with Crippen molar-refractivity contribution >= 4 is 29.3 Å². The van der Waals surface area contributed by atoms with Crippen molar-refractivity contribution in [2.24, 2.45) is 7.05 Å². The van der Waals surface area contributed by atoms with Crippen LogP contribution in [-0.4, -0.2) is 91.0 Å². The zero-order chi connectivity index (χ0) is 39.7. The number of aromatic nitrogens is 1. The Labute approximate surface area is 330 Å². The minimum Gasteiger partial charge on any atom is -0.410 e. The Kier molecular flexibility index (Phi) is 11.0. The van der Waals surface area contributed by atoms with Gasteiger partial charge in [-0.1, -0.05) is 48.5 Å². The molecule has 56 heavy (non-hydrogen) atoms. The summed E-state index contributed by atoms with van der Waals surface area (Å²) in [5.41, 5.74) is 9.66. The lowest BCUT2D eigenvalue weighted by molar-refractivity contribution is 0.0658. The Hall–Kier alpha value is -5.87. The van der Waals surface area contributed by atoms with Crippen LogP contribution in [0.1, 0.15) is 55.6 Å². The number of nitrogens with zero attached hydrogens (tertiary/aromatic N) is 6. The van der Waals surface area contributed by atoms with Crippen molar-refractivity contribution in [3.8, 4) is 17.0 Å². The summed E-state index contributed by atoms with van der Waals surface area (Å²) in [6, 6.07) is 31.5. The normalized spacial score (nSPS) is 15.0. The van der Waals surface area contributed by atoms with E-state index in [4.69, 9.17) is 4.74 Å². The predicted octanol–water partition coefficient (Wildman–Crippen LogP) is 7.42. The molecule has 1 atom stereocenters. The first-order valence-corrected chi connectivity index (χ1v) is 19.4. The molecule has 10 heteroatoms. The van der Waals surface area contributed by atoms with E-state index in [0.29, 0.717) is 42.9 Å². The van der Waals surface area contributed by atoms with Gasteiger partial charge in [-0.2, -0.15) is 0 Å². The molecule has 0 spiro atoms. The molecule has 0 N–H and O–H groups in total. The van der Waals surface area contributed by atoms with Gasteiger partial charge in [-0.25, -0.2) is 4.79 Å². The van der Waals surface area contributed by atoms with Crippen molar-refractivity contribution < 1.29 is 19.1 Å². The molecule has 5 aromatic rings. The van der Waals surface area contributed by atoms with Crippen molar-refractivity contribution in [3.05, 3.63) is 136 Å². The third-order valence-corrected chi connectivity index (χ3v) is 11.4. The molecule has 7 rings (SSSR count). The van der Waals surface area contributed by atoms with E-state index in [-0.39, 0.29) is 17.9 Å². The monoisotopic (exact) mass is 752 g/mol. The molecule has 3 amide bonds. The van der Waals surface area contributed by atoms with Crippen LogP contribution in [-0.2, 0) is 33.0 Å². The summed E-state index contributed by atoms with van der Waals surface area (Å²) in [7, 11) is 9.85. The Balaban J connectivity index is 1.21. The highest BCUT2D eigenvalue weighted by Crippen LogP contribution is 2.36. The third kappa shape index (κ3) is 7.79. The molecule has 0 radical (unpaired) electrons. The van der Waals surface area contributed by atoms with Crippen LogP contribution in [0.3, 0.4) is 0 Å². The number of likely N-dealkylation sites (N-methyl/N-ethyl adjacent to an activating group) is 2. The van der Waals surface area contributed by atoms with E-state index in [1.54, 1.807) is 22.9 Å². The molecule has 290 valence electrons. The molecule has 0 aliphatic carbocycles. The number of anilines is 2. The van der Waals surface area contributed by atoms with Crippen LogP contribution in [0.5, 0.6) is 5.75 Å². The van der Waals surface area contributed by atoms with Crippen LogP contribution >= 0.6 is 0 Å². The van der Waals surface area contributed by atoms with Crippen molar-refractivity contribution in [2.75, 3.05) is 57.6 Å². The van der Waals surface area contributed by atoms with Gasteiger partial charge in [0.15, 0.2) is 0 Å². The van der Waals surface area contributed by atoms with Gasteiger partial charge in [-0.05, 0) is 106 Å². The molecule has 0 saturated heterocycles. The van der Waals surface area contributed by atoms with Gasteiger partial charge in [0, 0.05) is 99.9 Å². The second-order valence-electron chi connectivity index (χ2n) is 15.5. The van der Waals surface area contributed by atoms with Crippen molar-refractivity contribution in [1.29, 1.82) is 0 Å². The molecule has 0 saturated carbocycles. The van der Waals surface area contributed by atoms with Gasteiger partial charge in [0.1, 0.15) is 5.75 Å². The molecule has 0 bridgehead atoms. The maximum absolute atomic E-state index is 14.9. The van der Waals surface area contributed by atoms with Gasteiger partial charge in [-0.3, -0.25) is 9.59 Å². The highest BCUT2D eigenvalue weighted by atomic mass is 16.6. The van der Waals surface area contributed by atoms with Gasteiger partial charge < -0.3 is 33.8 Å². The van der Waals surface area contributed by atoms with Crippen LogP contribution in [0.25, 0.3) is 11.3 Å². The number of amides is 3. The zero-order valence-corrected chi connectivity index (χ0v) is 33.6. The number of hydrogen-bond donors (Lipinski definition) is 0. The summed E-state index contributed by atoms with van der Waals surface area (Å²) in [6.07, 6.45) is 0.937. The van der Waals surface area contributed by atoms with Crippen molar-refractivity contribution in [3.63, 3.8) is 0 Å². The minimum atomic E-state index is -0.425. The molecule has 0 fully saturated rings. The Bertz CT molecular complexity index is 2260. The Morgan fingerprint density at radius 3 is 2.21 bits per heavy atom. The van der Waals surface area contributed by atoms with E-state index >= 15 is 0 Å². The third-order valence-electron chi connectivity index (χ3n) is 11.4. The van der Waals surface area contributed by atoms with Crippen LogP contribution < -0.4 is 14.5 Å². The van der Waals surface area contributed by atoms with Crippen molar-refractivity contribution in [1.82, 2.24) is 19.3 Å². The smallest absolute Gasteiger partial charge is 0.410 e.